The summed E-state index contributed by atoms with van der Waals surface area (Å²) in [4.78, 5) is 11.9. The molecule has 0 radical (unpaired) electrons. The van der Waals surface area contributed by atoms with Gasteiger partial charge in [-0.3, -0.25) is 4.79 Å². The highest BCUT2D eigenvalue weighted by atomic mass is 32.2. The van der Waals surface area contributed by atoms with E-state index in [0.717, 1.165) is 0 Å². The standard InChI is InChI=1S/C14H14O4S/c1-10-8-12(9-18-10)14(11(2)15)19(16,17)13-6-4-3-5-7-13/h3-9,14H,1-2H3. The molecule has 1 aromatic carbocycles. The lowest BCUT2D eigenvalue weighted by atomic mass is 10.2. The van der Waals surface area contributed by atoms with Gasteiger partial charge in [-0.25, -0.2) is 8.42 Å². The molecule has 1 unspecified atom stereocenters. The fourth-order valence-electron chi connectivity index (χ4n) is 1.98. The highest BCUT2D eigenvalue weighted by molar-refractivity contribution is 7.92. The van der Waals surface area contributed by atoms with Crippen molar-refractivity contribution in [3.8, 4) is 0 Å². The van der Waals surface area contributed by atoms with Crippen LogP contribution in [0.25, 0.3) is 0 Å². The van der Waals surface area contributed by atoms with E-state index in [2.05, 4.69) is 0 Å². The minimum atomic E-state index is -3.75. The zero-order valence-corrected chi connectivity index (χ0v) is 11.5. The molecule has 0 amide bonds. The first kappa shape index (κ1) is 13.5. The van der Waals surface area contributed by atoms with Gasteiger partial charge < -0.3 is 4.42 Å². The number of sulfone groups is 1. The maximum absolute atomic E-state index is 12.5. The number of carbonyl (C=O) groups is 1. The van der Waals surface area contributed by atoms with E-state index in [1.54, 1.807) is 31.2 Å². The van der Waals surface area contributed by atoms with Crippen LogP contribution in [0.2, 0.25) is 0 Å². The number of hydrogen-bond acceptors (Lipinski definition) is 4. The van der Waals surface area contributed by atoms with Crippen molar-refractivity contribution >= 4 is 15.6 Å². The summed E-state index contributed by atoms with van der Waals surface area (Å²) >= 11 is 0. The van der Waals surface area contributed by atoms with Crippen molar-refractivity contribution < 1.29 is 17.6 Å². The summed E-state index contributed by atoms with van der Waals surface area (Å²) in [6.45, 7) is 2.98. The van der Waals surface area contributed by atoms with Crippen LogP contribution in [0.1, 0.15) is 23.5 Å². The van der Waals surface area contributed by atoms with Gasteiger partial charge >= 0.3 is 0 Å². The van der Waals surface area contributed by atoms with Gasteiger partial charge in [0, 0.05) is 5.56 Å². The van der Waals surface area contributed by atoms with Gasteiger partial charge in [0.15, 0.2) is 20.9 Å². The summed E-state index contributed by atoms with van der Waals surface area (Å²) in [5.41, 5.74) is 0.369. The van der Waals surface area contributed by atoms with E-state index < -0.39 is 20.9 Å². The summed E-state index contributed by atoms with van der Waals surface area (Å²) in [7, 11) is -3.75. The minimum absolute atomic E-state index is 0.133. The van der Waals surface area contributed by atoms with E-state index in [9.17, 15) is 13.2 Å². The molecular weight excluding hydrogens is 264 g/mol. The van der Waals surface area contributed by atoms with Crippen LogP contribution in [-0.2, 0) is 14.6 Å². The van der Waals surface area contributed by atoms with Crippen molar-refractivity contribution in [3.05, 3.63) is 54.0 Å². The number of rotatable bonds is 4. The number of furan rings is 1. The molecule has 0 aliphatic rings. The van der Waals surface area contributed by atoms with Crippen LogP contribution < -0.4 is 0 Å². The first-order valence-electron chi connectivity index (χ1n) is 5.77. The van der Waals surface area contributed by atoms with Crippen LogP contribution >= 0.6 is 0 Å². The molecule has 0 N–H and O–H groups in total. The Morgan fingerprint density at radius 3 is 2.32 bits per heavy atom. The van der Waals surface area contributed by atoms with Gasteiger partial charge in [0.1, 0.15) is 5.76 Å². The van der Waals surface area contributed by atoms with E-state index in [-0.39, 0.29) is 4.90 Å². The fourth-order valence-corrected chi connectivity index (χ4v) is 3.71. The molecule has 0 aliphatic heterocycles. The van der Waals surface area contributed by atoms with Gasteiger partial charge in [0.2, 0.25) is 0 Å². The van der Waals surface area contributed by atoms with Crippen LogP contribution in [-0.4, -0.2) is 14.2 Å². The van der Waals surface area contributed by atoms with Crippen LogP contribution in [0.4, 0.5) is 0 Å². The average Bonchev–Trinajstić information content (AvgIpc) is 2.76. The Hall–Kier alpha value is -1.88. The molecule has 2 rings (SSSR count). The van der Waals surface area contributed by atoms with Crippen LogP contribution in [0.5, 0.6) is 0 Å². The van der Waals surface area contributed by atoms with Crippen LogP contribution in [0.3, 0.4) is 0 Å². The van der Waals surface area contributed by atoms with Crippen molar-refractivity contribution in [2.24, 2.45) is 0 Å². The molecule has 100 valence electrons. The number of hydrogen-bond donors (Lipinski definition) is 0. The highest BCUT2D eigenvalue weighted by Crippen LogP contribution is 2.30. The van der Waals surface area contributed by atoms with E-state index in [0.29, 0.717) is 11.3 Å². The molecule has 0 spiro atoms. The largest absolute Gasteiger partial charge is 0.469 e. The average molecular weight is 278 g/mol. The first-order chi connectivity index (χ1) is 8.93. The maximum atomic E-state index is 12.5. The third-order valence-corrected chi connectivity index (χ3v) is 4.96. The topological polar surface area (TPSA) is 64.3 Å². The van der Waals surface area contributed by atoms with E-state index in [1.807, 2.05) is 0 Å². The SMILES string of the molecule is CC(=O)C(c1coc(C)c1)S(=O)(=O)c1ccccc1. The second-order valence-electron chi connectivity index (χ2n) is 4.34. The molecule has 2 aromatic rings. The Morgan fingerprint density at radius 2 is 1.84 bits per heavy atom. The van der Waals surface area contributed by atoms with Gasteiger partial charge in [0.05, 0.1) is 11.2 Å². The van der Waals surface area contributed by atoms with Gasteiger partial charge in [-0.15, -0.1) is 0 Å². The van der Waals surface area contributed by atoms with Crippen molar-refractivity contribution in [2.45, 2.75) is 24.0 Å². The van der Waals surface area contributed by atoms with E-state index in [4.69, 9.17) is 4.42 Å². The highest BCUT2D eigenvalue weighted by Gasteiger charge is 2.34. The smallest absolute Gasteiger partial charge is 0.192 e. The summed E-state index contributed by atoms with van der Waals surface area (Å²) in [6.07, 6.45) is 1.32. The maximum Gasteiger partial charge on any atom is 0.192 e. The Morgan fingerprint density at radius 1 is 1.21 bits per heavy atom. The fraction of sp³-hybridized carbons (Fsp3) is 0.214. The molecule has 1 atom stereocenters. The van der Waals surface area contributed by atoms with Crippen molar-refractivity contribution in [1.29, 1.82) is 0 Å². The number of ketones is 1. The predicted molar refractivity (Wildman–Crippen MR) is 70.5 cm³/mol. The number of Topliss-reactive ketones (excluding diaryl/α,β-unsaturated/α-hetero) is 1. The molecule has 0 fully saturated rings. The molecule has 0 bridgehead atoms. The van der Waals surface area contributed by atoms with Gasteiger partial charge in [-0.2, -0.15) is 0 Å². The van der Waals surface area contributed by atoms with Gasteiger partial charge in [-0.05, 0) is 32.0 Å². The Kier molecular flexibility index (Phi) is 3.57. The summed E-state index contributed by atoms with van der Waals surface area (Å²) < 4.78 is 30.2. The molecule has 0 aliphatic carbocycles. The molecule has 4 nitrogen and oxygen atoms in total. The predicted octanol–water partition coefficient (Wildman–Crippen LogP) is 2.69. The quantitative estimate of drug-likeness (QED) is 0.862. The zero-order chi connectivity index (χ0) is 14.0. The monoisotopic (exact) mass is 278 g/mol. The van der Waals surface area contributed by atoms with Gasteiger partial charge in [0.25, 0.3) is 0 Å². The van der Waals surface area contributed by atoms with Crippen molar-refractivity contribution in [1.82, 2.24) is 0 Å². The number of benzene rings is 1. The summed E-state index contributed by atoms with van der Waals surface area (Å²) in [5, 5.41) is -1.22. The third-order valence-electron chi connectivity index (χ3n) is 2.80. The normalized spacial score (nSPS) is 13.2. The molecule has 1 heterocycles. The Labute approximate surface area is 112 Å². The van der Waals surface area contributed by atoms with Crippen LogP contribution in [0.15, 0.2) is 52.0 Å². The molecular formula is C14H14O4S. The molecule has 5 heteroatoms. The number of carbonyl (C=O) groups excluding carboxylic acids is 1. The van der Waals surface area contributed by atoms with E-state index >= 15 is 0 Å². The Bertz CT molecular complexity index is 683. The lowest BCUT2D eigenvalue weighted by Crippen LogP contribution is -2.20. The van der Waals surface area contributed by atoms with Crippen molar-refractivity contribution in [2.75, 3.05) is 0 Å². The molecule has 19 heavy (non-hydrogen) atoms. The van der Waals surface area contributed by atoms with E-state index in [1.165, 1.54) is 25.3 Å². The lowest BCUT2D eigenvalue weighted by molar-refractivity contribution is -0.116. The first-order valence-corrected chi connectivity index (χ1v) is 7.32. The molecule has 0 saturated carbocycles. The second kappa shape index (κ2) is 5.01. The van der Waals surface area contributed by atoms with Crippen molar-refractivity contribution in [3.63, 3.8) is 0 Å². The summed E-state index contributed by atoms with van der Waals surface area (Å²) in [5.74, 6) is 0.147. The molecule has 1 aromatic heterocycles. The second-order valence-corrected chi connectivity index (χ2v) is 6.37. The number of aryl methyl sites for hydroxylation is 1. The molecule has 0 saturated heterocycles. The minimum Gasteiger partial charge on any atom is -0.469 e. The lowest BCUT2D eigenvalue weighted by Gasteiger charge is -2.13. The zero-order valence-electron chi connectivity index (χ0n) is 10.7. The van der Waals surface area contributed by atoms with Crippen LogP contribution in [0, 0.1) is 6.92 Å². The van der Waals surface area contributed by atoms with Gasteiger partial charge in [-0.1, -0.05) is 18.2 Å². The summed E-state index contributed by atoms with van der Waals surface area (Å²) in [6, 6.07) is 9.53. The third kappa shape index (κ3) is 2.61. The Balaban J connectivity index is 2.55.